The number of piperazine rings is 1. The van der Waals surface area contributed by atoms with Crippen molar-refractivity contribution in [3.63, 3.8) is 0 Å². The lowest BCUT2D eigenvalue weighted by atomic mass is 10.1. The molecule has 2 rings (SSSR count). The van der Waals surface area contributed by atoms with Crippen molar-refractivity contribution in [2.45, 2.75) is 46.0 Å². The van der Waals surface area contributed by atoms with E-state index in [2.05, 4.69) is 28.8 Å². The van der Waals surface area contributed by atoms with E-state index in [1.807, 2.05) is 13.0 Å². The highest BCUT2D eigenvalue weighted by molar-refractivity contribution is 5.43. The van der Waals surface area contributed by atoms with E-state index in [4.69, 9.17) is 4.74 Å². The van der Waals surface area contributed by atoms with E-state index in [1.165, 1.54) is 0 Å². The molecular weight excluding hydrogens is 290 g/mol. The smallest absolute Gasteiger partial charge is 0.387 e. The fraction of sp³-hybridized carbons (Fsp3) is 0.625. The molecule has 0 aromatic heterocycles. The SMILES string of the molecule is CCOc1cc(CN2CC(C)NCC2C)ccc1OC(F)F. The second-order valence-corrected chi connectivity index (χ2v) is 5.68. The van der Waals surface area contributed by atoms with E-state index in [0.717, 1.165) is 25.2 Å². The molecule has 124 valence electrons. The fourth-order valence-electron chi connectivity index (χ4n) is 2.66. The maximum atomic E-state index is 12.4. The van der Waals surface area contributed by atoms with Gasteiger partial charge in [-0.1, -0.05) is 6.07 Å². The highest BCUT2D eigenvalue weighted by atomic mass is 19.3. The Morgan fingerprint density at radius 2 is 2.09 bits per heavy atom. The second-order valence-electron chi connectivity index (χ2n) is 5.68. The monoisotopic (exact) mass is 314 g/mol. The molecule has 1 heterocycles. The molecule has 0 amide bonds. The number of rotatable bonds is 6. The lowest BCUT2D eigenvalue weighted by molar-refractivity contribution is -0.0514. The van der Waals surface area contributed by atoms with Crippen LogP contribution in [0.4, 0.5) is 8.78 Å². The summed E-state index contributed by atoms with van der Waals surface area (Å²) in [4.78, 5) is 2.37. The minimum atomic E-state index is -2.85. The third-order valence-electron chi connectivity index (χ3n) is 3.80. The Kier molecular flexibility index (Phi) is 5.97. The van der Waals surface area contributed by atoms with E-state index in [1.54, 1.807) is 12.1 Å². The van der Waals surface area contributed by atoms with Crippen LogP contribution in [0.5, 0.6) is 11.5 Å². The molecule has 2 atom stereocenters. The van der Waals surface area contributed by atoms with Gasteiger partial charge >= 0.3 is 6.61 Å². The van der Waals surface area contributed by atoms with E-state index in [9.17, 15) is 8.78 Å². The van der Waals surface area contributed by atoms with E-state index in [0.29, 0.717) is 24.4 Å². The highest BCUT2D eigenvalue weighted by Crippen LogP contribution is 2.30. The van der Waals surface area contributed by atoms with Crippen LogP contribution in [0, 0.1) is 0 Å². The van der Waals surface area contributed by atoms with Crippen molar-refractivity contribution in [1.29, 1.82) is 0 Å². The zero-order chi connectivity index (χ0) is 16.1. The van der Waals surface area contributed by atoms with Gasteiger partial charge in [0.25, 0.3) is 0 Å². The summed E-state index contributed by atoms with van der Waals surface area (Å²) < 4.78 is 34.8. The number of halogens is 2. The Balaban J connectivity index is 2.12. The lowest BCUT2D eigenvalue weighted by Crippen LogP contribution is -2.53. The highest BCUT2D eigenvalue weighted by Gasteiger charge is 2.22. The van der Waals surface area contributed by atoms with Crippen molar-refractivity contribution in [3.05, 3.63) is 23.8 Å². The maximum Gasteiger partial charge on any atom is 0.387 e. The Labute approximate surface area is 130 Å². The first-order valence-electron chi connectivity index (χ1n) is 7.67. The summed E-state index contributed by atoms with van der Waals surface area (Å²) in [5.74, 6) is 0.457. The third kappa shape index (κ3) is 4.55. The largest absolute Gasteiger partial charge is 0.490 e. The molecule has 22 heavy (non-hydrogen) atoms. The number of hydrogen-bond donors (Lipinski definition) is 1. The first-order valence-corrected chi connectivity index (χ1v) is 7.67. The topological polar surface area (TPSA) is 33.7 Å². The number of benzene rings is 1. The molecule has 1 saturated heterocycles. The molecule has 1 aromatic carbocycles. The molecule has 0 spiro atoms. The van der Waals surface area contributed by atoms with Gasteiger partial charge in [0.2, 0.25) is 0 Å². The second kappa shape index (κ2) is 7.74. The average Bonchev–Trinajstić information content (AvgIpc) is 2.45. The number of alkyl halides is 2. The standard InChI is InChI=1S/C16H24F2N2O2/c1-4-21-15-7-13(5-6-14(15)22-16(17)18)10-20-9-11(2)19-8-12(20)3/h5-7,11-12,16,19H,4,8-10H2,1-3H3. The van der Waals surface area contributed by atoms with Gasteiger partial charge in [-0.05, 0) is 38.5 Å². The molecule has 1 aliphatic rings. The molecule has 1 fully saturated rings. The van der Waals surface area contributed by atoms with Crippen molar-refractivity contribution in [2.75, 3.05) is 19.7 Å². The minimum Gasteiger partial charge on any atom is -0.490 e. The molecule has 0 radical (unpaired) electrons. The van der Waals surface area contributed by atoms with Crippen LogP contribution < -0.4 is 14.8 Å². The normalized spacial score (nSPS) is 22.8. The summed E-state index contributed by atoms with van der Waals surface area (Å²) in [6.45, 7) is 6.39. The summed E-state index contributed by atoms with van der Waals surface area (Å²) in [5, 5.41) is 3.44. The summed E-state index contributed by atoms with van der Waals surface area (Å²) in [7, 11) is 0. The Hall–Kier alpha value is -1.40. The van der Waals surface area contributed by atoms with Gasteiger partial charge in [0.15, 0.2) is 11.5 Å². The van der Waals surface area contributed by atoms with Crippen LogP contribution in [0.2, 0.25) is 0 Å². The van der Waals surface area contributed by atoms with Crippen LogP contribution in [-0.2, 0) is 6.54 Å². The maximum absolute atomic E-state index is 12.4. The molecule has 1 N–H and O–H groups in total. The Morgan fingerprint density at radius 3 is 2.77 bits per heavy atom. The van der Waals surface area contributed by atoms with Crippen LogP contribution in [0.3, 0.4) is 0 Å². The van der Waals surface area contributed by atoms with Gasteiger partial charge in [-0.25, -0.2) is 0 Å². The first kappa shape index (κ1) is 17.0. The van der Waals surface area contributed by atoms with Crippen LogP contribution in [-0.4, -0.2) is 43.3 Å². The minimum absolute atomic E-state index is 0.0855. The van der Waals surface area contributed by atoms with E-state index in [-0.39, 0.29) is 5.75 Å². The predicted octanol–water partition coefficient (Wildman–Crippen LogP) is 2.87. The lowest BCUT2D eigenvalue weighted by Gasteiger charge is -2.37. The number of nitrogens with one attached hydrogen (secondary N) is 1. The van der Waals surface area contributed by atoms with Crippen molar-refractivity contribution in [1.82, 2.24) is 10.2 Å². The van der Waals surface area contributed by atoms with Gasteiger partial charge in [-0.3, -0.25) is 4.90 Å². The summed E-state index contributed by atoms with van der Waals surface area (Å²) in [6, 6.07) is 6.05. The third-order valence-corrected chi connectivity index (χ3v) is 3.80. The van der Waals surface area contributed by atoms with Gasteiger partial charge < -0.3 is 14.8 Å². The quantitative estimate of drug-likeness (QED) is 0.875. The molecule has 0 bridgehead atoms. The van der Waals surface area contributed by atoms with Crippen LogP contribution >= 0.6 is 0 Å². The molecule has 1 aliphatic heterocycles. The molecule has 0 aliphatic carbocycles. The molecule has 6 heteroatoms. The van der Waals surface area contributed by atoms with E-state index >= 15 is 0 Å². The van der Waals surface area contributed by atoms with Crippen LogP contribution in [0.25, 0.3) is 0 Å². The summed E-state index contributed by atoms with van der Waals surface area (Å²) in [5.41, 5.74) is 1.03. The predicted molar refractivity (Wildman–Crippen MR) is 81.6 cm³/mol. The zero-order valence-electron chi connectivity index (χ0n) is 13.3. The van der Waals surface area contributed by atoms with Crippen LogP contribution in [0.15, 0.2) is 18.2 Å². The van der Waals surface area contributed by atoms with Crippen LogP contribution in [0.1, 0.15) is 26.3 Å². The Morgan fingerprint density at radius 1 is 1.32 bits per heavy atom. The molecule has 2 unspecified atom stereocenters. The number of hydrogen-bond acceptors (Lipinski definition) is 4. The van der Waals surface area contributed by atoms with Crippen molar-refractivity contribution in [2.24, 2.45) is 0 Å². The van der Waals surface area contributed by atoms with Gasteiger partial charge in [-0.15, -0.1) is 0 Å². The van der Waals surface area contributed by atoms with Crippen molar-refractivity contribution >= 4 is 0 Å². The molecule has 0 saturated carbocycles. The van der Waals surface area contributed by atoms with Gasteiger partial charge in [0, 0.05) is 31.7 Å². The molecule has 4 nitrogen and oxygen atoms in total. The van der Waals surface area contributed by atoms with Gasteiger partial charge in [-0.2, -0.15) is 8.78 Å². The van der Waals surface area contributed by atoms with Gasteiger partial charge in [0.1, 0.15) is 0 Å². The number of ether oxygens (including phenoxy) is 2. The number of nitrogens with zero attached hydrogens (tertiary/aromatic N) is 1. The molecular formula is C16H24F2N2O2. The van der Waals surface area contributed by atoms with Crippen molar-refractivity contribution in [3.8, 4) is 11.5 Å². The van der Waals surface area contributed by atoms with E-state index < -0.39 is 6.61 Å². The summed E-state index contributed by atoms with van der Waals surface area (Å²) >= 11 is 0. The zero-order valence-corrected chi connectivity index (χ0v) is 13.3. The molecule has 1 aromatic rings. The van der Waals surface area contributed by atoms with Crippen molar-refractivity contribution < 1.29 is 18.3 Å². The Bertz CT molecular complexity index is 485. The average molecular weight is 314 g/mol. The van der Waals surface area contributed by atoms with Gasteiger partial charge in [0.05, 0.1) is 6.61 Å². The summed E-state index contributed by atoms with van der Waals surface area (Å²) in [6.07, 6.45) is 0. The fourth-order valence-corrected chi connectivity index (χ4v) is 2.66. The first-order chi connectivity index (χ1) is 10.5.